The van der Waals surface area contributed by atoms with Crippen LogP contribution in [-0.2, 0) is 11.0 Å². The molecule has 0 amide bonds. The lowest BCUT2D eigenvalue weighted by molar-refractivity contribution is 0.0732. The zero-order valence-corrected chi connectivity index (χ0v) is 10.8. The molecule has 1 saturated carbocycles. The van der Waals surface area contributed by atoms with Gasteiger partial charge in [-0.15, -0.1) is 0 Å². The highest BCUT2D eigenvalue weighted by Gasteiger charge is 2.48. The highest BCUT2D eigenvalue weighted by Crippen LogP contribution is 2.57. The monoisotopic (exact) mass is 232 g/mol. The number of fused-ring (bicyclic) bond motifs is 2. The lowest BCUT2D eigenvalue weighted by Crippen LogP contribution is -2.25. The number of benzene rings is 1. The lowest BCUT2D eigenvalue weighted by Gasteiger charge is -2.31. The van der Waals surface area contributed by atoms with E-state index in [-0.39, 0.29) is 0 Å². The zero-order valence-electron chi connectivity index (χ0n) is 10.8. The normalized spacial score (nSPS) is 20.9. The minimum Gasteiger partial charge on any atom is -0.493 e. The molecule has 1 heterocycles. The number of hydrogen-bond donors (Lipinski definition) is 1. The predicted molar refractivity (Wildman–Crippen MR) is 67.4 cm³/mol. The number of rotatable bonds is 1. The first kappa shape index (κ1) is 11.1. The first-order chi connectivity index (χ1) is 7.92. The van der Waals surface area contributed by atoms with Crippen molar-refractivity contribution in [2.24, 2.45) is 0 Å². The van der Waals surface area contributed by atoms with Crippen molar-refractivity contribution < 1.29 is 9.84 Å². The van der Waals surface area contributed by atoms with Crippen LogP contribution in [0.4, 0.5) is 0 Å². The minimum absolute atomic E-state index is 0.375. The molecule has 0 saturated heterocycles. The van der Waals surface area contributed by atoms with Crippen molar-refractivity contribution in [3.05, 3.63) is 28.8 Å². The van der Waals surface area contributed by atoms with Crippen LogP contribution in [0.2, 0.25) is 0 Å². The van der Waals surface area contributed by atoms with Crippen molar-refractivity contribution >= 4 is 0 Å². The molecule has 0 radical (unpaired) electrons. The quantitative estimate of drug-likeness (QED) is 0.806. The third-order valence-corrected chi connectivity index (χ3v) is 4.14. The highest BCUT2D eigenvalue weighted by molar-refractivity contribution is 5.53. The Bertz CT molecular complexity index is 447. The lowest BCUT2D eigenvalue weighted by atomic mass is 9.84. The van der Waals surface area contributed by atoms with Gasteiger partial charge in [0, 0.05) is 16.5 Å². The maximum atomic E-state index is 10.3. The second-order valence-electron chi connectivity index (χ2n) is 6.13. The van der Waals surface area contributed by atoms with Crippen molar-refractivity contribution in [1.29, 1.82) is 0 Å². The van der Waals surface area contributed by atoms with Crippen molar-refractivity contribution in [2.45, 2.75) is 51.0 Å². The van der Waals surface area contributed by atoms with Gasteiger partial charge in [0.05, 0.1) is 12.2 Å². The molecule has 0 unspecified atom stereocenters. The summed E-state index contributed by atoms with van der Waals surface area (Å²) in [6.07, 6.45) is 3.69. The highest BCUT2D eigenvalue weighted by atomic mass is 16.5. The van der Waals surface area contributed by atoms with Crippen molar-refractivity contribution in [1.82, 2.24) is 0 Å². The molecule has 1 aromatic carbocycles. The Labute approximate surface area is 103 Å². The van der Waals surface area contributed by atoms with Crippen LogP contribution in [0.15, 0.2) is 12.1 Å². The summed E-state index contributed by atoms with van der Waals surface area (Å²) in [5.41, 5.74) is 3.04. The fourth-order valence-electron chi connectivity index (χ4n) is 2.93. The van der Waals surface area contributed by atoms with Crippen LogP contribution in [0, 0.1) is 6.92 Å². The second-order valence-corrected chi connectivity index (χ2v) is 6.13. The van der Waals surface area contributed by atoms with Crippen molar-refractivity contribution in [3.8, 4) is 5.75 Å². The van der Waals surface area contributed by atoms with Gasteiger partial charge in [0.2, 0.25) is 0 Å². The van der Waals surface area contributed by atoms with Gasteiger partial charge in [-0.25, -0.2) is 0 Å². The summed E-state index contributed by atoms with van der Waals surface area (Å²) in [6, 6.07) is 4.30. The molecule has 0 atom stereocenters. The van der Waals surface area contributed by atoms with Crippen LogP contribution >= 0.6 is 0 Å². The Hall–Kier alpha value is -1.02. The van der Waals surface area contributed by atoms with E-state index in [0.717, 1.165) is 24.3 Å². The molecular weight excluding hydrogens is 212 g/mol. The minimum atomic E-state index is -0.830. The Morgan fingerprint density at radius 2 is 1.94 bits per heavy atom. The Morgan fingerprint density at radius 1 is 1.24 bits per heavy atom. The van der Waals surface area contributed by atoms with Crippen LogP contribution in [0.25, 0.3) is 0 Å². The fraction of sp³-hybridized carbons (Fsp3) is 0.600. The second kappa shape index (κ2) is 3.26. The molecule has 1 aliphatic heterocycles. The van der Waals surface area contributed by atoms with E-state index in [1.807, 2.05) is 13.8 Å². The Balaban J connectivity index is 2.22. The molecular formula is C15H20O2. The van der Waals surface area contributed by atoms with E-state index in [1.54, 1.807) is 0 Å². The number of aryl methyl sites for hydroxylation is 1. The average molecular weight is 232 g/mol. The van der Waals surface area contributed by atoms with Crippen LogP contribution in [0.5, 0.6) is 5.75 Å². The summed E-state index contributed by atoms with van der Waals surface area (Å²) >= 11 is 0. The van der Waals surface area contributed by atoms with E-state index in [9.17, 15) is 5.11 Å². The van der Waals surface area contributed by atoms with Crippen LogP contribution in [0.1, 0.15) is 49.8 Å². The fourth-order valence-corrected chi connectivity index (χ4v) is 2.93. The number of hydrogen-bond acceptors (Lipinski definition) is 2. The standard InChI is InChI=1S/C15H20O2/c1-10-8-11(14(2,3)16)13-12(9-10)15(4-5-15)6-7-17-13/h8-9,16H,4-7H2,1-3H3. The zero-order chi connectivity index (χ0) is 12.3. The molecule has 1 spiro atoms. The van der Waals surface area contributed by atoms with E-state index in [2.05, 4.69) is 19.1 Å². The molecule has 17 heavy (non-hydrogen) atoms. The van der Waals surface area contributed by atoms with Crippen LogP contribution < -0.4 is 4.74 Å². The van der Waals surface area contributed by atoms with Crippen molar-refractivity contribution in [2.75, 3.05) is 6.61 Å². The number of aliphatic hydroxyl groups is 1. The third kappa shape index (κ3) is 1.66. The summed E-state index contributed by atoms with van der Waals surface area (Å²) in [5, 5.41) is 10.3. The topological polar surface area (TPSA) is 29.5 Å². The van der Waals surface area contributed by atoms with E-state index in [1.165, 1.54) is 24.0 Å². The molecule has 1 aromatic rings. The maximum Gasteiger partial charge on any atom is 0.129 e. The molecule has 1 fully saturated rings. The Morgan fingerprint density at radius 3 is 2.53 bits per heavy atom. The summed E-state index contributed by atoms with van der Waals surface area (Å²) < 4.78 is 5.85. The molecule has 3 rings (SSSR count). The van der Waals surface area contributed by atoms with Gasteiger partial charge in [-0.3, -0.25) is 0 Å². The van der Waals surface area contributed by atoms with Gasteiger partial charge in [0.1, 0.15) is 5.75 Å². The molecule has 1 N–H and O–H groups in total. The SMILES string of the molecule is Cc1cc(C(C)(C)O)c2c(c1)C1(CCO2)CC1. The van der Waals surface area contributed by atoms with Gasteiger partial charge in [-0.1, -0.05) is 11.6 Å². The summed E-state index contributed by atoms with van der Waals surface area (Å²) in [4.78, 5) is 0. The van der Waals surface area contributed by atoms with Crippen molar-refractivity contribution in [3.63, 3.8) is 0 Å². The van der Waals surface area contributed by atoms with Crippen LogP contribution in [0.3, 0.4) is 0 Å². The molecule has 2 aliphatic rings. The van der Waals surface area contributed by atoms with E-state index < -0.39 is 5.60 Å². The number of ether oxygens (including phenoxy) is 1. The van der Waals surface area contributed by atoms with Crippen LogP contribution in [-0.4, -0.2) is 11.7 Å². The molecule has 2 nitrogen and oxygen atoms in total. The molecule has 0 aromatic heterocycles. The van der Waals surface area contributed by atoms with Gasteiger partial charge in [0.25, 0.3) is 0 Å². The average Bonchev–Trinajstić information content (AvgIpc) is 2.98. The van der Waals surface area contributed by atoms with Gasteiger partial charge >= 0.3 is 0 Å². The first-order valence-corrected chi connectivity index (χ1v) is 6.43. The Kier molecular flexibility index (Phi) is 2.13. The predicted octanol–water partition coefficient (Wildman–Crippen LogP) is 3.04. The van der Waals surface area contributed by atoms with E-state index in [0.29, 0.717) is 5.41 Å². The summed E-state index contributed by atoms with van der Waals surface area (Å²) in [7, 11) is 0. The third-order valence-electron chi connectivity index (χ3n) is 4.14. The first-order valence-electron chi connectivity index (χ1n) is 6.43. The van der Waals surface area contributed by atoms with E-state index >= 15 is 0 Å². The summed E-state index contributed by atoms with van der Waals surface area (Å²) in [5.74, 6) is 0.951. The largest absolute Gasteiger partial charge is 0.493 e. The molecule has 0 bridgehead atoms. The van der Waals surface area contributed by atoms with Gasteiger partial charge < -0.3 is 9.84 Å². The van der Waals surface area contributed by atoms with Gasteiger partial charge in [-0.2, -0.15) is 0 Å². The summed E-state index contributed by atoms with van der Waals surface area (Å²) in [6.45, 7) is 6.55. The maximum absolute atomic E-state index is 10.3. The van der Waals surface area contributed by atoms with E-state index in [4.69, 9.17) is 4.74 Å². The smallest absolute Gasteiger partial charge is 0.129 e. The molecule has 2 heteroatoms. The van der Waals surface area contributed by atoms with Gasteiger partial charge in [-0.05, 0) is 46.1 Å². The molecule has 1 aliphatic carbocycles. The molecule has 92 valence electrons. The van der Waals surface area contributed by atoms with Gasteiger partial charge in [0.15, 0.2) is 0 Å².